The average Bonchev–Trinajstić information content (AvgIpc) is 2.53. The van der Waals surface area contributed by atoms with E-state index >= 15 is 0 Å². The third-order valence-corrected chi connectivity index (χ3v) is 4.41. The van der Waals surface area contributed by atoms with E-state index < -0.39 is 0 Å². The molecule has 0 spiro atoms. The lowest BCUT2D eigenvalue weighted by molar-refractivity contribution is 0.447. The summed E-state index contributed by atoms with van der Waals surface area (Å²) in [4.78, 5) is 0. The van der Waals surface area contributed by atoms with Gasteiger partial charge in [0.05, 0.1) is 0 Å². The van der Waals surface area contributed by atoms with Crippen LogP contribution in [0.1, 0.15) is 63.9 Å². The number of rotatable bonds is 7. The van der Waals surface area contributed by atoms with Crippen molar-refractivity contribution in [2.75, 3.05) is 6.54 Å². The van der Waals surface area contributed by atoms with Crippen molar-refractivity contribution in [1.29, 1.82) is 0 Å². The van der Waals surface area contributed by atoms with E-state index in [4.69, 9.17) is 0 Å². The molecule has 2 rings (SSSR count). The van der Waals surface area contributed by atoms with Crippen LogP contribution >= 0.6 is 0 Å². The molecule has 0 aromatic heterocycles. The van der Waals surface area contributed by atoms with Crippen LogP contribution in [0.4, 0.5) is 0 Å². The maximum absolute atomic E-state index is 3.82. The van der Waals surface area contributed by atoms with Crippen molar-refractivity contribution in [3.63, 3.8) is 0 Å². The van der Waals surface area contributed by atoms with Gasteiger partial charge in [0.25, 0.3) is 0 Å². The van der Waals surface area contributed by atoms with Crippen LogP contribution in [0.15, 0.2) is 42.0 Å². The Hall–Kier alpha value is -1.08. The van der Waals surface area contributed by atoms with E-state index in [9.17, 15) is 0 Å². The first-order chi connectivity index (χ1) is 9.86. The first kappa shape index (κ1) is 15.3. The first-order valence-electron chi connectivity index (χ1n) is 8.34. The molecule has 1 aromatic rings. The van der Waals surface area contributed by atoms with Crippen LogP contribution in [0, 0.1) is 0 Å². The Morgan fingerprint density at radius 1 is 1.10 bits per heavy atom. The summed E-state index contributed by atoms with van der Waals surface area (Å²) in [5.41, 5.74) is 3.13. The second-order valence-corrected chi connectivity index (χ2v) is 5.88. The molecule has 2 atom stereocenters. The smallest absolute Gasteiger partial charge is 0.0348 e. The van der Waals surface area contributed by atoms with Crippen molar-refractivity contribution in [3.8, 4) is 0 Å². The summed E-state index contributed by atoms with van der Waals surface area (Å²) in [6.45, 7) is 5.69. The molecule has 0 saturated carbocycles. The molecule has 0 heterocycles. The summed E-state index contributed by atoms with van der Waals surface area (Å²) in [5.74, 6) is 0.604. The molecule has 0 saturated heterocycles. The van der Waals surface area contributed by atoms with Gasteiger partial charge in [-0.15, -0.1) is 0 Å². The summed E-state index contributed by atoms with van der Waals surface area (Å²) in [5, 5.41) is 3.82. The third kappa shape index (κ3) is 3.96. The van der Waals surface area contributed by atoms with Gasteiger partial charge in [0.2, 0.25) is 0 Å². The summed E-state index contributed by atoms with van der Waals surface area (Å²) >= 11 is 0. The molecular formula is C19H29N. The van der Waals surface area contributed by atoms with Crippen molar-refractivity contribution < 1.29 is 0 Å². The van der Waals surface area contributed by atoms with E-state index in [-0.39, 0.29) is 0 Å². The van der Waals surface area contributed by atoms with Gasteiger partial charge in [-0.3, -0.25) is 0 Å². The highest BCUT2D eigenvalue weighted by molar-refractivity contribution is 5.27. The lowest BCUT2D eigenvalue weighted by Gasteiger charge is -2.32. The van der Waals surface area contributed by atoms with Crippen molar-refractivity contribution in [3.05, 3.63) is 47.5 Å². The molecule has 0 fully saturated rings. The van der Waals surface area contributed by atoms with Crippen molar-refractivity contribution >= 4 is 0 Å². The topological polar surface area (TPSA) is 12.0 Å². The molecule has 0 bridgehead atoms. The predicted octanol–water partition coefficient (Wildman–Crippen LogP) is 5.05. The Bertz CT molecular complexity index is 407. The summed E-state index contributed by atoms with van der Waals surface area (Å²) in [6, 6.07) is 11.6. The summed E-state index contributed by atoms with van der Waals surface area (Å²) in [7, 11) is 0. The standard InChI is InChI=1S/C19H29N/c1-3-15-20-19(17-13-9-6-10-14-17)18(4-2)16-11-7-5-8-12-16/h5,7-8,11-13,18-20H,3-4,6,9-10,14-15H2,1-2H3. The molecule has 1 aliphatic carbocycles. The number of allylic oxidation sites excluding steroid dienone is 1. The van der Waals surface area contributed by atoms with Crippen molar-refractivity contribution in [2.45, 2.75) is 64.3 Å². The normalized spacial score (nSPS) is 18.4. The summed E-state index contributed by atoms with van der Waals surface area (Å²) < 4.78 is 0. The fraction of sp³-hybridized carbons (Fsp3) is 0.579. The van der Waals surface area contributed by atoms with E-state index in [1.165, 1.54) is 44.1 Å². The van der Waals surface area contributed by atoms with Crippen LogP contribution in [0.25, 0.3) is 0 Å². The highest BCUT2D eigenvalue weighted by atomic mass is 14.9. The molecular weight excluding hydrogens is 242 g/mol. The number of nitrogens with one attached hydrogen (secondary N) is 1. The largest absolute Gasteiger partial charge is 0.310 e. The first-order valence-corrected chi connectivity index (χ1v) is 8.34. The molecule has 1 aromatic carbocycles. The molecule has 0 aliphatic heterocycles. The van der Waals surface area contributed by atoms with E-state index in [1.54, 1.807) is 5.57 Å². The van der Waals surface area contributed by atoms with Crippen LogP contribution < -0.4 is 5.32 Å². The molecule has 2 unspecified atom stereocenters. The molecule has 0 amide bonds. The molecule has 20 heavy (non-hydrogen) atoms. The van der Waals surface area contributed by atoms with E-state index in [1.807, 2.05) is 0 Å². The fourth-order valence-corrected chi connectivity index (χ4v) is 3.34. The zero-order valence-corrected chi connectivity index (χ0v) is 13.1. The number of hydrogen-bond acceptors (Lipinski definition) is 1. The lowest BCUT2D eigenvalue weighted by Crippen LogP contribution is -2.37. The SMILES string of the molecule is CCCNC(C1=CCCCC1)C(CC)c1ccccc1. The third-order valence-electron chi connectivity index (χ3n) is 4.41. The Balaban J connectivity index is 2.21. The monoisotopic (exact) mass is 271 g/mol. The van der Waals surface area contributed by atoms with E-state index in [0.717, 1.165) is 6.54 Å². The Kier molecular flexibility index (Phi) is 6.32. The van der Waals surface area contributed by atoms with Gasteiger partial charge in [-0.1, -0.05) is 55.8 Å². The zero-order chi connectivity index (χ0) is 14.2. The van der Waals surface area contributed by atoms with E-state index in [0.29, 0.717) is 12.0 Å². The maximum Gasteiger partial charge on any atom is 0.0348 e. The fourth-order valence-electron chi connectivity index (χ4n) is 3.34. The van der Waals surface area contributed by atoms with Crippen LogP contribution in [0.2, 0.25) is 0 Å². The molecule has 1 heteroatoms. The predicted molar refractivity (Wildman–Crippen MR) is 88.1 cm³/mol. The van der Waals surface area contributed by atoms with Gasteiger partial charge in [-0.05, 0) is 50.6 Å². The van der Waals surface area contributed by atoms with Crippen LogP contribution in [0.5, 0.6) is 0 Å². The molecule has 1 nitrogen and oxygen atoms in total. The number of benzene rings is 1. The molecule has 1 aliphatic rings. The van der Waals surface area contributed by atoms with Gasteiger partial charge in [-0.25, -0.2) is 0 Å². The Morgan fingerprint density at radius 3 is 2.50 bits per heavy atom. The maximum atomic E-state index is 3.82. The minimum absolute atomic E-state index is 0.530. The second-order valence-electron chi connectivity index (χ2n) is 5.88. The molecule has 110 valence electrons. The molecule has 0 radical (unpaired) electrons. The van der Waals surface area contributed by atoms with E-state index in [2.05, 4.69) is 55.6 Å². The second kappa shape index (κ2) is 8.26. The Morgan fingerprint density at radius 2 is 1.90 bits per heavy atom. The Labute approximate surface area is 124 Å². The van der Waals surface area contributed by atoms with Crippen molar-refractivity contribution in [2.24, 2.45) is 0 Å². The quantitative estimate of drug-likeness (QED) is 0.684. The van der Waals surface area contributed by atoms with Crippen LogP contribution in [0.3, 0.4) is 0 Å². The minimum atomic E-state index is 0.530. The van der Waals surface area contributed by atoms with Gasteiger partial charge in [0.1, 0.15) is 0 Å². The van der Waals surface area contributed by atoms with Gasteiger partial charge in [-0.2, -0.15) is 0 Å². The van der Waals surface area contributed by atoms with Gasteiger partial charge < -0.3 is 5.32 Å². The van der Waals surface area contributed by atoms with Gasteiger partial charge in [0.15, 0.2) is 0 Å². The van der Waals surface area contributed by atoms with Crippen molar-refractivity contribution in [1.82, 2.24) is 5.32 Å². The molecule has 1 N–H and O–H groups in total. The van der Waals surface area contributed by atoms with Crippen LogP contribution in [-0.4, -0.2) is 12.6 Å². The lowest BCUT2D eigenvalue weighted by atomic mass is 9.81. The average molecular weight is 271 g/mol. The summed E-state index contributed by atoms with van der Waals surface area (Å²) in [6.07, 6.45) is 10.2. The van der Waals surface area contributed by atoms with Gasteiger partial charge >= 0.3 is 0 Å². The van der Waals surface area contributed by atoms with Crippen LogP contribution in [-0.2, 0) is 0 Å². The van der Waals surface area contributed by atoms with Gasteiger partial charge in [0, 0.05) is 12.0 Å². The number of hydrogen-bond donors (Lipinski definition) is 1. The zero-order valence-electron chi connectivity index (χ0n) is 13.1. The highest BCUT2D eigenvalue weighted by Crippen LogP contribution is 2.31. The minimum Gasteiger partial charge on any atom is -0.310 e. The highest BCUT2D eigenvalue weighted by Gasteiger charge is 2.25.